The van der Waals surface area contributed by atoms with Gasteiger partial charge in [0.25, 0.3) is 0 Å². The largest absolute Gasteiger partial charge is 0.394 e. The number of nitrogens with zero attached hydrogens (tertiary/aromatic N) is 1. The Morgan fingerprint density at radius 3 is 2.59 bits per heavy atom. The van der Waals surface area contributed by atoms with Crippen LogP contribution >= 0.6 is 0 Å². The Balaban J connectivity index is 1.89. The summed E-state index contributed by atoms with van der Waals surface area (Å²) in [5.41, 5.74) is 2.43. The van der Waals surface area contributed by atoms with E-state index in [2.05, 4.69) is 33.7 Å². The lowest BCUT2D eigenvalue weighted by Gasteiger charge is -2.27. The third kappa shape index (κ3) is 5.31. The van der Waals surface area contributed by atoms with Crippen LogP contribution in [0.25, 0.3) is 0 Å². The maximum absolute atomic E-state index is 11.7. The highest BCUT2D eigenvalue weighted by Gasteiger charge is 2.13. The summed E-state index contributed by atoms with van der Waals surface area (Å²) in [6.07, 6.45) is 3.90. The average molecular weight is 305 g/mol. The summed E-state index contributed by atoms with van der Waals surface area (Å²) in [4.78, 5) is 14.2. The first-order valence-corrected chi connectivity index (χ1v) is 8.13. The van der Waals surface area contributed by atoms with Gasteiger partial charge in [0.05, 0.1) is 12.6 Å². The van der Waals surface area contributed by atoms with Crippen molar-refractivity contribution in [2.45, 2.75) is 45.3 Å². The first kappa shape index (κ1) is 16.8. The average Bonchev–Trinajstić information content (AvgIpc) is 2.55. The Morgan fingerprint density at radius 1 is 1.23 bits per heavy atom. The number of rotatable bonds is 6. The molecule has 1 aliphatic heterocycles. The number of likely N-dealkylation sites (tertiary alicyclic amines) is 1. The van der Waals surface area contributed by atoms with Gasteiger partial charge in [0.15, 0.2) is 0 Å². The Kier molecular flexibility index (Phi) is 6.68. The number of amides is 2. The van der Waals surface area contributed by atoms with Crippen molar-refractivity contribution in [3.8, 4) is 0 Å². The lowest BCUT2D eigenvalue weighted by atomic mass is 10.0. The molecule has 1 aromatic carbocycles. The van der Waals surface area contributed by atoms with E-state index in [9.17, 15) is 4.79 Å². The normalized spacial score (nSPS) is 17.0. The van der Waals surface area contributed by atoms with E-state index in [1.807, 2.05) is 6.07 Å². The second-order valence-electron chi connectivity index (χ2n) is 6.02. The highest BCUT2D eigenvalue weighted by molar-refractivity contribution is 5.74. The van der Waals surface area contributed by atoms with Crippen LogP contribution in [0, 0.1) is 0 Å². The quantitative estimate of drug-likeness (QED) is 0.751. The molecule has 0 spiro atoms. The summed E-state index contributed by atoms with van der Waals surface area (Å²) in [6, 6.07) is 7.79. The van der Waals surface area contributed by atoms with E-state index in [1.54, 1.807) is 6.92 Å². The topological polar surface area (TPSA) is 64.6 Å². The van der Waals surface area contributed by atoms with Crippen LogP contribution in [-0.4, -0.2) is 41.8 Å². The zero-order chi connectivity index (χ0) is 15.8. The van der Waals surface area contributed by atoms with E-state index in [1.165, 1.54) is 24.8 Å². The van der Waals surface area contributed by atoms with Crippen molar-refractivity contribution < 1.29 is 9.90 Å². The smallest absolute Gasteiger partial charge is 0.315 e. The van der Waals surface area contributed by atoms with Crippen molar-refractivity contribution >= 4 is 6.03 Å². The Morgan fingerprint density at radius 2 is 1.91 bits per heavy atom. The highest BCUT2D eigenvalue weighted by atomic mass is 16.3. The predicted molar refractivity (Wildman–Crippen MR) is 87.5 cm³/mol. The SMILES string of the molecule is CC(CO)NC(=O)NCc1ccccc1CN1CCCCC1. The molecular formula is C17H27N3O2. The minimum atomic E-state index is -0.241. The molecule has 2 amide bonds. The number of hydrogen-bond donors (Lipinski definition) is 3. The van der Waals surface area contributed by atoms with Gasteiger partial charge >= 0.3 is 6.03 Å². The molecule has 1 aliphatic rings. The van der Waals surface area contributed by atoms with Crippen molar-refractivity contribution in [3.05, 3.63) is 35.4 Å². The van der Waals surface area contributed by atoms with Crippen LogP contribution in [0.1, 0.15) is 37.3 Å². The number of benzene rings is 1. The summed E-state index contributed by atoms with van der Waals surface area (Å²) < 4.78 is 0. The van der Waals surface area contributed by atoms with Gasteiger partial charge in [-0.15, -0.1) is 0 Å². The molecule has 1 unspecified atom stereocenters. The van der Waals surface area contributed by atoms with E-state index in [-0.39, 0.29) is 18.7 Å². The van der Waals surface area contributed by atoms with Gasteiger partial charge in [-0.05, 0) is 44.0 Å². The number of urea groups is 1. The first-order chi connectivity index (χ1) is 10.7. The number of aliphatic hydroxyl groups excluding tert-OH is 1. The first-order valence-electron chi connectivity index (χ1n) is 8.13. The van der Waals surface area contributed by atoms with Gasteiger partial charge in [-0.25, -0.2) is 4.79 Å². The molecule has 0 aromatic heterocycles. The third-order valence-electron chi connectivity index (χ3n) is 4.05. The zero-order valence-corrected chi connectivity index (χ0v) is 13.3. The van der Waals surface area contributed by atoms with Crippen LogP contribution < -0.4 is 10.6 Å². The Bertz CT molecular complexity index is 473. The van der Waals surface area contributed by atoms with E-state index >= 15 is 0 Å². The molecule has 5 heteroatoms. The van der Waals surface area contributed by atoms with E-state index in [4.69, 9.17) is 5.11 Å². The van der Waals surface area contributed by atoms with Gasteiger partial charge in [-0.2, -0.15) is 0 Å². The van der Waals surface area contributed by atoms with E-state index in [0.717, 1.165) is 25.2 Å². The summed E-state index contributed by atoms with van der Waals surface area (Å²) in [6.45, 7) is 5.50. The Hall–Kier alpha value is -1.59. The third-order valence-corrected chi connectivity index (χ3v) is 4.05. The number of aliphatic hydroxyl groups is 1. The van der Waals surface area contributed by atoms with Crippen LogP contribution in [0.15, 0.2) is 24.3 Å². The fourth-order valence-corrected chi connectivity index (χ4v) is 2.74. The van der Waals surface area contributed by atoms with Gasteiger partial charge < -0.3 is 15.7 Å². The lowest BCUT2D eigenvalue weighted by Crippen LogP contribution is -2.42. The minimum Gasteiger partial charge on any atom is -0.394 e. The van der Waals surface area contributed by atoms with Gasteiger partial charge in [0, 0.05) is 13.1 Å². The number of hydrogen-bond acceptors (Lipinski definition) is 3. The molecule has 1 saturated heterocycles. The van der Waals surface area contributed by atoms with Gasteiger partial charge in [0.2, 0.25) is 0 Å². The molecule has 1 fully saturated rings. The maximum Gasteiger partial charge on any atom is 0.315 e. The van der Waals surface area contributed by atoms with E-state index in [0.29, 0.717) is 6.54 Å². The van der Waals surface area contributed by atoms with Gasteiger partial charge in [-0.3, -0.25) is 4.90 Å². The molecule has 2 rings (SSSR count). The highest BCUT2D eigenvalue weighted by Crippen LogP contribution is 2.16. The van der Waals surface area contributed by atoms with Gasteiger partial charge in [0.1, 0.15) is 0 Å². The molecule has 1 heterocycles. The van der Waals surface area contributed by atoms with Crippen LogP contribution in [0.4, 0.5) is 4.79 Å². The summed E-state index contributed by atoms with van der Waals surface area (Å²) in [5.74, 6) is 0. The second-order valence-corrected chi connectivity index (χ2v) is 6.02. The number of nitrogens with one attached hydrogen (secondary N) is 2. The maximum atomic E-state index is 11.7. The minimum absolute atomic E-state index is 0.0566. The number of carbonyl (C=O) groups excluding carboxylic acids is 1. The van der Waals surface area contributed by atoms with Crippen LogP contribution in [0.3, 0.4) is 0 Å². The summed E-state index contributed by atoms with van der Waals surface area (Å²) >= 11 is 0. The fourth-order valence-electron chi connectivity index (χ4n) is 2.74. The number of piperidine rings is 1. The van der Waals surface area contributed by atoms with Crippen LogP contribution in [0.5, 0.6) is 0 Å². The van der Waals surface area contributed by atoms with Crippen molar-refractivity contribution in [2.24, 2.45) is 0 Å². The molecule has 3 N–H and O–H groups in total. The molecule has 1 aromatic rings. The summed E-state index contributed by atoms with van der Waals surface area (Å²) in [7, 11) is 0. The standard InChI is InChI=1S/C17H27N3O2/c1-14(13-21)19-17(22)18-11-15-7-3-4-8-16(15)12-20-9-5-2-6-10-20/h3-4,7-8,14,21H,2,5-6,9-13H2,1H3,(H2,18,19,22). The van der Waals surface area contributed by atoms with Crippen molar-refractivity contribution in [2.75, 3.05) is 19.7 Å². The molecule has 1 atom stereocenters. The molecule has 0 radical (unpaired) electrons. The number of carbonyl (C=O) groups is 1. The molecule has 22 heavy (non-hydrogen) atoms. The lowest BCUT2D eigenvalue weighted by molar-refractivity contribution is 0.218. The molecule has 0 aliphatic carbocycles. The predicted octanol–water partition coefficient (Wildman–Crippen LogP) is 1.85. The Labute approximate surface area is 132 Å². The second kappa shape index (κ2) is 8.76. The van der Waals surface area contributed by atoms with Crippen LogP contribution in [-0.2, 0) is 13.1 Å². The molecule has 5 nitrogen and oxygen atoms in total. The monoisotopic (exact) mass is 305 g/mol. The van der Waals surface area contributed by atoms with E-state index < -0.39 is 0 Å². The van der Waals surface area contributed by atoms with Crippen LogP contribution in [0.2, 0.25) is 0 Å². The molecule has 0 saturated carbocycles. The van der Waals surface area contributed by atoms with Gasteiger partial charge in [-0.1, -0.05) is 30.7 Å². The zero-order valence-electron chi connectivity index (χ0n) is 13.3. The fraction of sp³-hybridized carbons (Fsp3) is 0.588. The molecule has 0 bridgehead atoms. The van der Waals surface area contributed by atoms with Crippen molar-refractivity contribution in [1.29, 1.82) is 0 Å². The summed E-state index contributed by atoms with van der Waals surface area (Å²) in [5, 5.41) is 14.5. The van der Waals surface area contributed by atoms with Crippen molar-refractivity contribution in [1.82, 2.24) is 15.5 Å². The van der Waals surface area contributed by atoms with Crippen molar-refractivity contribution in [3.63, 3.8) is 0 Å². The molecule has 122 valence electrons. The molecular weight excluding hydrogens is 278 g/mol.